The molecule has 1 N–H and O–H groups in total. The van der Waals surface area contributed by atoms with Gasteiger partial charge >= 0.3 is 0 Å². The lowest BCUT2D eigenvalue weighted by Gasteiger charge is -2.13. The summed E-state index contributed by atoms with van der Waals surface area (Å²) >= 11 is 0. The Balaban J connectivity index is 1.80. The average Bonchev–Trinajstić information content (AvgIpc) is 3.09. The van der Waals surface area contributed by atoms with Gasteiger partial charge in [-0.3, -0.25) is 4.79 Å². The van der Waals surface area contributed by atoms with E-state index < -0.39 is 9.84 Å². The van der Waals surface area contributed by atoms with Gasteiger partial charge in [-0.15, -0.1) is 0 Å². The van der Waals surface area contributed by atoms with Crippen LogP contribution in [0.3, 0.4) is 0 Å². The third-order valence-corrected chi connectivity index (χ3v) is 5.69. The molecule has 0 aliphatic carbocycles. The fraction of sp³-hybridized carbons (Fsp3) is 0.312. The highest BCUT2D eigenvalue weighted by Crippen LogP contribution is 2.17. The highest BCUT2D eigenvalue weighted by Gasteiger charge is 2.29. The maximum absolute atomic E-state index is 12.3. The van der Waals surface area contributed by atoms with E-state index in [4.69, 9.17) is 0 Å². The Labute approximate surface area is 129 Å². The monoisotopic (exact) mass is 318 g/mol. The molecule has 116 valence electrons. The molecule has 2 heterocycles. The lowest BCUT2D eigenvalue weighted by atomic mass is 10.1. The summed E-state index contributed by atoms with van der Waals surface area (Å²) in [6, 6.07) is 9.06. The number of aryl methyl sites for hydroxylation is 1. The SMILES string of the molecule is Cc1ccc(C(=O)N[C@@H]2CCS(=O)(=O)C2)cc1-n1cccc1. The van der Waals surface area contributed by atoms with E-state index >= 15 is 0 Å². The highest BCUT2D eigenvalue weighted by molar-refractivity contribution is 7.91. The second-order valence-corrected chi connectivity index (χ2v) is 7.89. The fourth-order valence-electron chi connectivity index (χ4n) is 2.70. The normalized spacial score (nSPS) is 20.0. The minimum atomic E-state index is -2.99. The van der Waals surface area contributed by atoms with Crippen molar-refractivity contribution in [3.63, 3.8) is 0 Å². The summed E-state index contributed by atoms with van der Waals surface area (Å²) in [5.41, 5.74) is 2.55. The van der Waals surface area contributed by atoms with Crippen molar-refractivity contribution in [2.24, 2.45) is 0 Å². The van der Waals surface area contributed by atoms with Crippen LogP contribution in [0.15, 0.2) is 42.7 Å². The van der Waals surface area contributed by atoms with Crippen LogP contribution in [0, 0.1) is 6.92 Å². The van der Waals surface area contributed by atoms with Crippen LogP contribution in [0.2, 0.25) is 0 Å². The van der Waals surface area contributed by atoms with Crippen LogP contribution in [0.4, 0.5) is 0 Å². The zero-order chi connectivity index (χ0) is 15.7. The number of sulfone groups is 1. The number of benzene rings is 1. The number of hydrogen-bond donors (Lipinski definition) is 1. The van der Waals surface area contributed by atoms with E-state index in [1.54, 1.807) is 6.07 Å². The summed E-state index contributed by atoms with van der Waals surface area (Å²) < 4.78 is 24.9. The van der Waals surface area contributed by atoms with Gasteiger partial charge in [0.25, 0.3) is 5.91 Å². The topological polar surface area (TPSA) is 68.2 Å². The minimum Gasteiger partial charge on any atom is -0.348 e. The van der Waals surface area contributed by atoms with E-state index in [-0.39, 0.29) is 23.5 Å². The number of carbonyl (C=O) groups excluding carboxylic acids is 1. The summed E-state index contributed by atoms with van der Waals surface area (Å²) in [6.07, 6.45) is 4.34. The highest BCUT2D eigenvalue weighted by atomic mass is 32.2. The molecule has 0 bridgehead atoms. The largest absolute Gasteiger partial charge is 0.348 e. The van der Waals surface area contributed by atoms with Crippen molar-refractivity contribution in [2.45, 2.75) is 19.4 Å². The predicted molar refractivity (Wildman–Crippen MR) is 85.0 cm³/mol. The lowest BCUT2D eigenvalue weighted by molar-refractivity contribution is 0.0941. The number of nitrogens with one attached hydrogen (secondary N) is 1. The number of amides is 1. The van der Waals surface area contributed by atoms with Gasteiger partial charge in [0.15, 0.2) is 9.84 Å². The third-order valence-electron chi connectivity index (χ3n) is 3.92. The predicted octanol–water partition coefficient (Wildman–Crippen LogP) is 1.70. The number of aromatic nitrogens is 1. The standard InChI is InChI=1S/C16H18N2O3S/c1-12-4-5-13(10-15(12)18-7-2-3-8-18)16(19)17-14-6-9-22(20,21)11-14/h2-5,7-8,10,14H,6,9,11H2,1H3,(H,17,19)/t14-/m1/s1. The van der Waals surface area contributed by atoms with Gasteiger partial charge in [0.2, 0.25) is 0 Å². The van der Waals surface area contributed by atoms with E-state index in [0.717, 1.165) is 11.3 Å². The van der Waals surface area contributed by atoms with E-state index in [2.05, 4.69) is 5.32 Å². The van der Waals surface area contributed by atoms with E-state index in [1.807, 2.05) is 48.1 Å². The van der Waals surface area contributed by atoms with Crippen LogP contribution in [0.1, 0.15) is 22.3 Å². The summed E-state index contributed by atoms with van der Waals surface area (Å²) in [7, 11) is -2.99. The molecule has 1 aliphatic rings. The van der Waals surface area contributed by atoms with E-state index in [1.165, 1.54) is 0 Å². The van der Waals surface area contributed by atoms with Crippen molar-refractivity contribution < 1.29 is 13.2 Å². The summed E-state index contributed by atoms with van der Waals surface area (Å²) in [6.45, 7) is 1.99. The Kier molecular flexibility index (Phi) is 3.78. The zero-order valence-electron chi connectivity index (χ0n) is 12.3. The molecule has 6 heteroatoms. The molecule has 0 spiro atoms. The summed E-state index contributed by atoms with van der Waals surface area (Å²) in [5, 5.41) is 2.82. The zero-order valence-corrected chi connectivity index (χ0v) is 13.1. The Morgan fingerprint density at radius 2 is 2.00 bits per heavy atom. The minimum absolute atomic E-state index is 0.0368. The lowest BCUT2D eigenvalue weighted by Crippen LogP contribution is -2.35. The Bertz CT molecular complexity index is 795. The summed E-state index contributed by atoms with van der Waals surface area (Å²) in [4.78, 5) is 12.3. The van der Waals surface area contributed by atoms with Crippen molar-refractivity contribution in [2.75, 3.05) is 11.5 Å². The molecule has 1 atom stereocenters. The maximum Gasteiger partial charge on any atom is 0.251 e. The van der Waals surface area contributed by atoms with E-state index in [9.17, 15) is 13.2 Å². The second kappa shape index (κ2) is 5.61. The Hall–Kier alpha value is -2.08. The van der Waals surface area contributed by atoms with Gasteiger partial charge < -0.3 is 9.88 Å². The van der Waals surface area contributed by atoms with Gasteiger partial charge in [0.1, 0.15) is 0 Å². The number of rotatable bonds is 3. The molecule has 1 fully saturated rings. The Morgan fingerprint density at radius 3 is 2.64 bits per heavy atom. The van der Waals surface area contributed by atoms with Gasteiger partial charge in [-0.1, -0.05) is 6.07 Å². The van der Waals surface area contributed by atoms with Crippen LogP contribution in [0.5, 0.6) is 0 Å². The smallest absolute Gasteiger partial charge is 0.251 e. The van der Waals surface area contributed by atoms with Crippen LogP contribution in [0.25, 0.3) is 5.69 Å². The molecular formula is C16H18N2O3S. The van der Waals surface area contributed by atoms with Crippen LogP contribution in [-0.4, -0.2) is 36.4 Å². The number of nitrogens with zero attached hydrogens (tertiary/aromatic N) is 1. The Morgan fingerprint density at radius 1 is 1.27 bits per heavy atom. The summed E-state index contributed by atoms with van der Waals surface area (Å²) in [5.74, 6) is -0.0364. The van der Waals surface area contributed by atoms with Crippen molar-refractivity contribution >= 4 is 15.7 Å². The average molecular weight is 318 g/mol. The fourth-order valence-corrected chi connectivity index (χ4v) is 4.37. The van der Waals surface area contributed by atoms with Crippen molar-refractivity contribution in [3.8, 4) is 5.69 Å². The van der Waals surface area contributed by atoms with E-state index in [0.29, 0.717) is 12.0 Å². The van der Waals surface area contributed by atoms with Crippen molar-refractivity contribution in [1.29, 1.82) is 0 Å². The molecule has 5 nitrogen and oxygen atoms in total. The maximum atomic E-state index is 12.3. The van der Waals surface area contributed by atoms with Crippen LogP contribution < -0.4 is 5.32 Å². The number of hydrogen-bond acceptors (Lipinski definition) is 3. The van der Waals surface area contributed by atoms with Gasteiger partial charge in [0, 0.05) is 29.7 Å². The molecule has 1 aromatic heterocycles. The first kappa shape index (κ1) is 14.8. The molecule has 22 heavy (non-hydrogen) atoms. The van der Waals surface area contributed by atoms with Crippen LogP contribution in [-0.2, 0) is 9.84 Å². The second-order valence-electron chi connectivity index (χ2n) is 5.66. The molecular weight excluding hydrogens is 300 g/mol. The van der Waals surface area contributed by atoms with Crippen molar-refractivity contribution in [1.82, 2.24) is 9.88 Å². The molecule has 1 aromatic carbocycles. The first-order chi connectivity index (χ1) is 10.4. The van der Waals surface area contributed by atoms with Gasteiger partial charge in [0.05, 0.1) is 11.5 Å². The molecule has 1 amide bonds. The quantitative estimate of drug-likeness (QED) is 0.936. The van der Waals surface area contributed by atoms with Gasteiger partial charge in [-0.25, -0.2) is 8.42 Å². The number of carbonyl (C=O) groups is 1. The third kappa shape index (κ3) is 3.06. The molecule has 0 saturated carbocycles. The molecule has 0 unspecified atom stereocenters. The molecule has 1 saturated heterocycles. The molecule has 3 rings (SSSR count). The molecule has 2 aromatic rings. The van der Waals surface area contributed by atoms with Crippen LogP contribution >= 0.6 is 0 Å². The van der Waals surface area contributed by atoms with Gasteiger partial charge in [-0.05, 0) is 43.2 Å². The first-order valence-corrected chi connectivity index (χ1v) is 9.02. The first-order valence-electron chi connectivity index (χ1n) is 7.20. The van der Waals surface area contributed by atoms with Gasteiger partial charge in [-0.2, -0.15) is 0 Å². The van der Waals surface area contributed by atoms with Crippen molar-refractivity contribution in [3.05, 3.63) is 53.9 Å². The molecule has 1 aliphatic heterocycles. The molecule has 0 radical (unpaired) electrons.